The second-order valence-electron chi connectivity index (χ2n) is 6.49. The van der Waals surface area contributed by atoms with Crippen LogP contribution in [-0.4, -0.2) is 38.8 Å². The van der Waals surface area contributed by atoms with Gasteiger partial charge in [-0.15, -0.1) is 0 Å². The molecule has 1 fully saturated rings. The van der Waals surface area contributed by atoms with Crippen molar-refractivity contribution in [3.05, 3.63) is 53.3 Å². The van der Waals surface area contributed by atoms with Crippen molar-refractivity contribution in [3.63, 3.8) is 0 Å². The average molecular weight is 427 g/mol. The summed E-state index contributed by atoms with van der Waals surface area (Å²) in [6.07, 6.45) is 1.08. The monoisotopic (exact) mass is 426 g/mol. The van der Waals surface area contributed by atoms with Crippen molar-refractivity contribution in [2.75, 3.05) is 25.5 Å². The third kappa shape index (κ3) is 4.45. The molecule has 1 saturated heterocycles. The van der Waals surface area contributed by atoms with Crippen LogP contribution in [0.3, 0.4) is 0 Å². The lowest BCUT2D eigenvalue weighted by Crippen LogP contribution is -2.43. The number of amides is 1. The fourth-order valence-corrected chi connectivity index (χ4v) is 4.96. The standard InChI is InChI=1S/C19H20ClFN2O4S/c1-27-17-9-6-15(21)11-18(17)28(25,26)23-10-2-3-13(12-23)19(24)22-16-7-4-14(20)5-8-16/h4-9,11,13H,2-3,10,12H2,1H3,(H,22,24)/t13-/m0/s1. The Bertz CT molecular complexity index is 966. The van der Waals surface area contributed by atoms with E-state index in [1.165, 1.54) is 17.5 Å². The number of carbonyl (C=O) groups excluding carboxylic acids is 1. The van der Waals surface area contributed by atoms with Crippen LogP contribution >= 0.6 is 11.6 Å². The van der Waals surface area contributed by atoms with Crippen LogP contribution in [0.4, 0.5) is 10.1 Å². The first kappa shape index (κ1) is 20.6. The number of hydrogen-bond acceptors (Lipinski definition) is 4. The predicted octanol–water partition coefficient (Wildman–Crippen LogP) is 3.53. The highest BCUT2D eigenvalue weighted by Crippen LogP contribution is 2.30. The lowest BCUT2D eigenvalue weighted by molar-refractivity contribution is -0.120. The Hall–Kier alpha value is -2.16. The summed E-state index contributed by atoms with van der Waals surface area (Å²) in [6.45, 7) is 0.272. The molecule has 9 heteroatoms. The lowest BCUT2D eigenvalue weighted by Gasteiger charge is -2.31. The number of anilines is 1. The smallest absolute Gasteiger partial charge is 0.246 e. The van der Waals surface area contributed by atoms with Gasteiger partial charge in [-0.1, -0.05) is 11.6 Å². The predicted molar refractivity (Wildman–Crippen MR) is 105 cm³/mol. The van der Waals surface area contributed by atoms with Gasteiger partial charge < -0.3 is 10.1 Å². The van der Waals surface area contributed by atoms with E-state index in [1.54, 1.807) is 24.3 Å². The van der Waals surface area contributed by atoms with Gasteiger partial charge in [0, 0.05) is 23.8 Å². The number of hydrogen-bond donors (Lipinski definition) is 1. The zero-order chi connectivity index (χ0) is 20.3. The van der Waals surface area contributed by atoms with Gasteiger partial charge in [0.15, 0.2) is 0 Å². The Morgan fingerprint density at radius 1 is 1.25 bits per heavy atom. The Kier molecular flexibility index (Phi) is 6.22. The fourth-order valence-electron chi connectivity index (χ4n) is 3.14. The number of methoxy groups -OCH3 is 1. The summed E-state index contributed by atoms with van der Waals surface area (Å²) in [5.41, 5.74) is 0.584. The van der Waals surface area contributed by atoms with Gasteiger partial charge in [0.1, 0.15) is 16.5 Å². The molecule has 2 aromatic carbocycles. The van der Waals surface area contributed by atoms with Crippen molar-refractivity contribution < 1.29 is 22.3 Å². The number of rotatable bonds is 5. The zero-order valence-corrected chi connectivity index (χ0v) is 16.8. The van der Waals surface area contributed by atoms with E-state index in [0.717, 1.165) is 12.1 Å². The van der Waals surface area contributed by atoms with Gasteiger partial charge in [0.05, 0.1) is 13.0 Å². The molecule has 150 valence electrons. The number of benzene rings is 2. The summed E-state index contributed by atoms with van der Waals surface area (Å²) in [7, 11) is -2.68. The van der Waals surface area contributed by atoms with Crippen molar-refractivity contribution in [1.29, 1.82) is 0 Å². The highest BCUT2D eigenvalue weighted by Gasteiger charge is 2.35. The Balaban J connectivity index is 1.78. The number of nitrogens with one attached hydrogen (secondary N) is 1. The Labute approximate surface area is 168 Å². The molecular formula is C19H20ClFN2O4S. The van der Waals surface area contributed by atoms with Gasteiger partial charge in [0.2, 0.25) is 15.9 Å². The topological polar surface area (TPSA) is 75.7 Å². The van der Waals surface area contributed by atoms with Crippen molar-refractivity contribution in [3.8, 4) is 5.75 Å². The van der Waals surface area contributed by atoms with Crippen molar-refractivity contribution in [2.45, 2.75) is 17.7 Å². The summed E-state index contributed by atoms with van der Waals surface area (Å²) >= 11 is 5.84. The minimum atomic E-state index is -4.00. The fraction of sp³-hybridized carbons (Fsp3) is 0.316. The van der Waals surface area contributed by atoms with Crippen LogP contribution in [0.25, 0.3) is 0 Å². The molecule has 1 atom stereocenters. The van der Waals surface area contributed by atoms with Gasteiger partial charge in [-0.05, 0) is 55.3 Å². The number of halogens is 2. The van der Waals surface area contributed by atoms with Gasteiger partial charge in [0.25, 0.3) is 0 Å². The normalized spacial score (nSPS) is 17.9. The maximum atomic E-state index is 13.6. The third-order valence-electron chi connectivity index (χ3n) is 4.61. The van der Waals surface area contributed by atoms with Crippen LogP contribution in [0, 0.1) is 11.7 Å². The molecule has 0 radical (unpaired) electrons. The maximum Gasteiger partial charge on any atom is 0.246 e. The Morgan fingerprint density at radius 3 is 2.64 bits per heavy atom. The molecule has 6 nitrogen and oxygen atoms in total. The Morgan fingerprint density at radius 2 is 1.96 bits per heavy atom. The van der Waals surface area contributed by atoms with Crippen LogP contribution in [0.1, 0.15) is 12.8 Å². The van der Waals surface area contributed by atoms with Crippen molar-refractivity contribution in [2.24, 2.45) is 5.92 Å². The van der Waals surface area contributed by atoms with Gasteiger partial charge >= 0.3 is 0 Å². The molecule has 1 N–H and O–H groups in total. The second kappa shape index (κ2) is 8.46. The number of carbonyl (C=O) groups is 1. The molecule has 1 aliphatic heterocycles. The van der Waals surface area contributed by atoms with Gasteiger partial charge in [-0.25, -0.2) is 12.8 Å². The summed E-state index contributed by atoms with van der Waals surface area (Å²) in [5, 5.41) is 3.33. The molecular weight excluding hydrogens is 407 g/mol. The van der Waals surface area contributed by atoms with E-state index in [4.69, 9.17) is 16.3 Å². The SMILES string of the molecule is COc1ccc(F)cc1S(=O)(=O)N1CCC[C@H](C(=O)Nc2ccc(Cl)cc2)C1. The van der Waals surface area contributed by atoms with E-state index >= 15 is 0 Å². The van der Waals surface area contributed by atoms with E-state index in [0.29, 0.717) is 23.6 Å². The van der Waals surface area contributed by atoms with Crippen molar-refractivity contribution in [1.82, 2.24) is 4.31 Å². The highest BCUT2D eigenvalue weighted by molar-refractivity contribution is 7.89. The molecule has 1 amide bonds. The maximum absolute atomic E-state index is 13.6. The third-order valence-corrected chi connectivity index (χ3v) is 6.75. The largest absolute Gasteiger partial charge is 0.495 e. The molecule has 0 spiro atoms. The average Bonchev–Trinajstić information content (AvgIpc) is 2.69. The zero-order valence-electron chi connectivity index (χ0n) is 15.2. The van der Waals surface area contributed by atoms with E-state index in [2.05, 4.69) is 5.32 Å². The summed E-state index contributed by atoms with van der Waals surface area (Å²) in [6, 6.07) is 10.0. The molecule has 0 bridgehead atoms. The summed E-state index contributed by atoms with van der Waals surface area (Å²) < 4.78 is 46.0. The van der Waals surface area contributed by atoms with Gasteiger partial charge in [-0.2, -0.15) is 4.31 Å². The number of ether oxygens (including phenoxy) is 1. The van der Waals surface area contributed by atoms with Crippen LogP contribution < -0.4 is 10.1 Å². The minimum absolute atomic E-state index is 0.0153. The first-order chi connectivity index (χ1) is 13.3. The quantitative estimate of drug-likeness (QED) is 0.793. The van der Waals surface area contributed by atoms with Crippen LogP contribution in [-0.2, 0) is 14.8 Å². The minimum Gasteiger partial charge on any atom is -0.495 e. The molecule has 1 aliphatic rings. The number of nitrogens with zero attached hydrogens (tertiary/aromatic N) is 1. The molecule has 2 aromatic rings. The van der Waals surface area contributed by atoms with E-state index in [1.807, 2.05) is 0 Å². The van der Waals surface area contributed by atoms with E-state index in [-0.39, 0.29) is 29.6 Å². The van der Waals surface area contributed by atoms with E-state index in [9.17, 15) is 17.6 Å². The second-order valence-corrected chi connectivity index (χ2v) is 8.84. The van der Waals surface area contributed by atoms with Crippen LogP contribution in [0.5, 0.6) is 5.75 Å². The molecule has 3 rings (SSSR count). The molecule has 28 heavy (non-hydrogen) atoms. The first-order valence-corrected chi connectivity index (χ1v) is 10.5. The molecule has 0 saturated carbocycles. The van der Waals surface area contributed by atoms with E-state index < -0.39 is 21.8 Å². The molecule has 0 aromatic heterocycles. The highest BCUT2D eigenvalue weighted by atomic mass is 35.5. The van der Waals surface area contributed by atoms with Crippen LogP contribution in [0.15, 0.2) is 47.4 Å². The molecule has 1 heterocycles. The van der Waals surface area contributed by atoms with Crippen LogP contribution in [0.2, 0.25) is 5.02 Å². The van der Waals surface area contributed by atoms with Crippen molar-refractivity contribution >= 4 is 33.2 Å². The first-order valence-electron chi connectivity index (χ1n) is 8.71. The molecule has 0 unspecified atom stereocenters. The number of piperidine rings is 1. The lowest BCUT2D eigenvalue weighted by atomic mass is 9.99. The summed E-state index contributed by atoms with van der Waals surface area (Å²) in [5.74, 6) is -1.39. The number of sulfonamides is 1. The molecule has 0 aliphatic carbocycles. The van der Waals surface area contributed by atoms with Gasteiger partial charge in [-0.3, -0.25) is 4.79 Å². The summed E-state index contributed by atoms with van der Waals surface area (Å²) in [4.78, 5) is 12.3.